The van der Waals surface area contributed by atoms with Crippen molar-refractivity contribution in [2.75, 3.05) is 6.61 Å². The SMILES string of the molecule is C/C=C/C1OC(C(C)(C)C)CC1CO. The van der Waals surface area contributed by atoms with Crippen molar-refractivity contribution in [3.8, 4) is 0 Å². The van der Waals surface area contributed by atoms with Crippen LogP contribution in [0.5, 0.6) is 0 Å². The molecule has 0 aliphatic carbocycles. The Bertz CT molecular complexity index is 203. The number of aliphatic hydroxyl groups is 1. The fourth-order valence-corrected chi connectivity index (χ4v) is 1.89. The minimum atomic E-state index is 0.106. The number of allylic oxidation sites excluding steroid dienone is 1. The first-order chi connectivity index (χ1) is 6.49. The summed E-state index contributed by atoms with van der Waals surface area (Å²) in [5, 5.41) is 9.23. The topological polar surface area (TPSA) is 29.5 Å². The maximum Gasteiger partial charge on any atom is 0.0810 e. The van der Waals surface area contributed by atoms with Gasteiger partial charge in [-0.2, -0.15) is 0 Å². The van der Waals surface area contributed by atoms with E-state index in [2.05, 4.69) is 20.8 Å². The van der Waals surface area contributed by atoms with E-state index in [0.717, 1.165) is 6.42 Å². The van der Waals surface area contributed by atoms with E-state index in [1.807, 2.05) is 19.1 Å². The van der Waals surface area contributed by atoms with E-state index in [0.29, 0.717) is 0 Å². The summed E-state index contributed by atoms with van der Waals surface area (Å²) in [7, 11) is 0. The largest absolute Gasteiger partial charge is 0.396 e. The zero-order valence-electron chi connectivity index (χ0n) is 9.66. The van der Waals surface area contributed by atoms with Crippen LogP contribution in [-0.4, -0.2) is 23.9 Å². The molecule has 0 aromatic heterocycles. The first kappa shape index (κ1) is 11.7. The molecule has 3 atom stereocenters. The average molecular weight is 198 g/mol. The van der Waals surface area contributed by atoms with Crippen molar-refractivity contribution in [3.63, 3.8) is 0 Å². The lowest BCUT2D eigenvalue weighted by molar-refractivity contribution is -0.00330. The van der Waals surface area contributed by atoms with E-state index in [9.17, 15) is 5.11 Å². The highest BCUT2D eigenvalue weighted by Crippen LogP contribution is 2.36. The van der Waals surface area contributed by atoms with E-state index < -0.39 is 0 Å². The van der Waals surface area contributed by atoms with Gasteiger partial charge in [0.05, 0.1) is 12.2 Å². The molecule has 1 aliphatic rings. The van der Waals surface area contributed by atoms with Crippen LogP contribution in [0.1, 0.15) is 34.1 Å². The summed E-state index contributed by atoms with van der Waals surface area (Å²) in [4.78, 5) is 0. The molecule has 0 bridgehead atoms. The summed E-state index contributed by atoms with van der Waals surface area (Å²) in [6.45, 7) is 8.77. The van der Waals surface area contributed by atoms with Crippen molar-refractivity contribution in [3.05, 3.63) is 12.2 Å². The molecule has 0 amide bonds. The van der Waals surface area contributed by atoms with E-state index in [-0.39, 0.29) is 30.1 Å². The maximum absolute atomic E-state index is 9.23. The number of hydrogen-bond acceptors (Lipinski definition) is 2. The highest BCUT2D eigenvalue weighted by Gasteiger charge is 2.38. The van der Waals surface area contributed by atoms with Crippen molar-refractivity contribution in [2.45, 2.75) is 46.3 Å². The summed E-state index contributed by atoms with van der Waals surface area (Å²) < 4.78 is 5.92. The van der Waals surface area contributed by atoms with Gasteiger partial charge in [-0.25, -0.2) is 0 Å². The Balaban J connectivity index is 2.65. The fourth-order valence-electron chi connectivity index (χ4n) is 1.89. The van der Waals surface area contributed by atoms with Gasteiger partial charge in [-0.3, -0.25) is 0 Å². The quantitative estimate of drug-likeness (QED) is 0.690. The number of rotatable bonds is 2. The molecule has 0 radical (unpaired) electrons. The lowest BCUT2D eigenvalue weighted by Crippen LogP contribution is -2.26. The Morgan fingerprint density at radius 1 is 1.43 bits per heavy atom. The number of hydrogen-bond donors (Lipinski definition) is 1. The van der Waals surface area contributed by atoms with Crippen molar-refractivity contribution >= 4 is 0 Å². The summed E-state index contributed by atoms with van der Waals surface area (Å²) in [6, 6.07) is 0. The third-order valence-corrected chi connectivity index (χ3v) is 2.89. The van der Waals surface area contributed by atoms with Crippen LogP contribution in [0.2, 0.25) is 0 Å². The molecule has 3 unspecified atom stereocenters. The highest BCUT2D eigenvalue weighted by molar-refractivity contribution is 4.98. The Morgan fingerprint density at radius 2 is 2.07 bits per heavy atom. The van der Waals surface area contributed by atoms with Crippen LogP contribution >= 0.6 is 0 Å². The molecule has 1 rings (SSSR count). The van der Waals surface area contributed by atoms with Gasteiger partial charge >= 0.3 is 0 Å². The van der Waals surface area contributed by atoms with Crippen molar-refractivity contribution in [1.82, 2.24) is 0 Å². The summed E-state index contributed by atoms with van der Waals surface area (Å²) in [6.07, 6.45) is 5.38. The van der Waals surface area contributed by atoms with Crippen molar-refractivity contribution in [1.29, 1.82) is 0 Å². The van der Waals surface area contributed by atoms with Crippen LogP contribution < -0.4 is 0 Å². The molecule has 0 aromatic carbocycles. The Hall–Kier alpha value is -0.340. The molecular weight excluding hydrogens is 176 g/mol. The second-order valence-corrected chi connectivity index (χ2v) is 5.16. The van der Waals surface area contributed by atoms with Gasteiger partial charge in [0.1, 0.15) is 0 Å². The van der Waals surface area contributed by atoms with Gasteiger partial charge in [0.15, 0.2) is 0 Å². The van der Waals surface area contributed by atoms with Crippen molar-refractivity contribution < 1.29 is 9.84 Å². The molecule has 14 heavy (non-hydrogen) atoms. The van der Waals surface area contributed by atoms with Gasteiger partial charge < -0.3 is 9.84 Å². The Morgan fingerprint density at radius 3 is 2.50 bits per heavy atom. The molecule has 0 spiro atoms. The van der Waals surface area contributed by atoms with E-state index in [1.54, 1.807) is 0 Å². The maximum atomic E-state index is 9.23. The van der Waals surface area contributed by atoms with Crippen LogP contribution in [0.25, 0.3) is 0 Å². The molecule has 1 aliphatic heterocycles. The zero-order chi connectivity index (χ0) is 10.8. The summed E-state index contributed by atoms with van der Waals surface area (Å²) >= 11 is 0. The molecule has 1 saturated heterocycles. The van der Waals surface area contributed by atoms with Crippen LogP contribution in [0.15, 0.2) is 12.2 Å². The van der Waals surface area contributed by atoms with Crippen molar-refractivity contribution in [2.24, 2.45) is 11.3 Å². The smallest absolute Gasteiger partial charge is 0.0810 e. The Kier molecular flexibility index (Phi) is 3.73. The van der Waals surface area contributed by atoms with E-state index >= 15 is 0 Å². The zero-order valence-corrected chi connectivity index (χ0v) is 9.66. The van der Waals surface area contributed by atoms with Gasteiger partial charge in [-0.1, -0.05) is 32.9 Å². The molecule has 1 heterocycles. The standard InChI is InChI=1S/C12H22O2/c1-5-6-10-9(8-13)7-11(14-10)12(2,3)4/h5-6,9-11,13H,7-8H2,1-4H3/b6-5+. The third kappa shape index (κ3) is 2.58. The predicted molar refractivity (Wildman–Crippen MR) is 58.1 cm³/mol. The Labute approximate surface area is 87.0 Å². The molecule has 2 nitrogen and oxygen atoms in total. The second kappa shape index (κ2) is 4.45. The molecule has 82 valence electrons. The molecule has 0 aromatic rings. The summed E-state index contributed by atoms with van der Waals surface area (Å²) in [5.74, 6) is 0.274. The number of aliphatic hydroxyl groups excluding tert-OH is 1. The molecule has 1 fully saturated rings. The van der Waals surface area contributed by atoms with Gasteiger partial charge in [0.2, 0.25) is 0 Å². The molecule has 2 heteroatoms. The first-order valence-electron chi connectivity index (χ1n) is 5.38. The minimum absolute atomic E-state index is 0.106. The average Bonchev–Trinajstić information content (AvgIpc) is 2.47. The van der Waals surface area contributed by atoms with E-state index in [4.69, 9.17) is 4.74 Å². The molecule has 1 N–H and O–H groups in total. The van der Waals surface area contributed by atoms with Gasteiger partial charge in [-0.05, 0) is 18.8 Å². The molecule has 0 saturated carbocycles. The first-order valence-corrected chi connectivity index (χ1v) is 5.38. The van der Waals surface area contributed by atoms with Gasteiger partial charge in [-0.15, -0.1) is 0 Å². The summed E-state index contributed by atoms with van der Waals surface area (Å²) in [5.41, 5.74) is 0.170. The van der Waals surface area contributed by atoms with E-state index in [1.165, 1.54) is 0 Å². The third-order valence-electron chi connectivity index (χ3n) is 2.89. The molecular formula is C12H22O2. The predicted octanol–water partition coefficient (Wildman–Crippen LogP) is 2.37. The lowest BCUT2D eigenvalue weighted by Gasteiger charge is -2.26. The number of ether oxygens (including phenoxy) is 1. The monoisotopic (exact) mass is 198 g/mol. The fraction of sp³-hybridized carbons (Fsp3) is 0.833. The van der Waals surface area contributed by atoms with Gasteiger partial charge in [0, 0.05) is 12.5 Å². The minimum Gasteiger partial charge on any atom is -0.396 e. The van der Waals surface area contributed by atoms with Gasteiger partial charge in [0.25, 0.3) is 0 Å². The highest BCUT2D eigenvalue weighted by atomic mass is 16.5. The van der Waals surface area contributed by atoms with Crippen LogP contribution in [0, 0.1) is 11.3 Å². The van der Waals surface area contributed by atoms with Crippen LogP contribution in [0.4, 0.5) is 0 Å². The lowest BCUT2D eigenvalue weighted by atomic mass is 9.85. The van der Waals surface area contributed by atoms with Crippen LogP contribution in [-0.2, 0) is 4.74 Å². The van der Waals surface area contributed by atoms with Crippen LogP contribution in [0.3, 0.4) is 0 Å². The second-order valence-electron chi connectivity index (χ2n) is 5.16. The normalized spacial score (nSPS) is 34.2.